The van der Waals surface area contributed by atoms with Gasteiger partial charge in [0.05, 0.1) is 0 Å². The largest absolute Gasteiger partial charge is 0.456 e. The van der Waals surface area contributed by atoms with Crippen LogP contribution in [0.4, 0.5) is 17.1 Å². The van der Waals surface area contributed by atoms with Crippen molar-refractivity contribution >= 4 is 82.1 Å². The molecule has 8 aromatic carbocycles. The third-order valence-corrected chi connectivity index (χ3v) is 8.58. The molecule has 2 nitrogen and oxygen atoms in total. The highest BCUT2D eigenvalue weighted by Gasteiger charge is 2.17. The number of benzene rings is 8. The SMILES string of the molecule is c1ccc(N(c2ccc3c(ccc4ccc5ccccc5c43)c2)c2ccc3oc4ccc5ccccc5c4c3c2)cc1. The van der Waals surface area contributed by atoms with Gasteiger partial charge >= 0.3 is 0 Å². The molecule has 0 saturated carbocycles. The highest BCUT2D eigenvalue weighted by molar-refractivity contribution is 6.21. The van der Waals surface area contributed by atoms with Crippen LogP contribution in [0.3, 0.4) is 0 Å². The number of nitrogens with zero attached hydrogens (tertiary/aromatic N) is 1. The minimum atomic E-state index is 0.898. The smallest absolute Gasteiger partial charge is 0.136 e. The Balaban J connectivity index is 1.29. The lowest BCUT2D eigenvalue weighted by molar-refractivity contribution is 0.669. The van der Waals surface area contributed by atoms with E-state index >= 15 is 0 Å². The molecule has 42 heavy (non-hydrogen) atoms. The monoisotopic (exact) mass is 535 g/mol. The molecule has 0 bridgehead atoms. The van der Waals surface area contributed by atoms with Gasteiger partial charge in [-0.2, -0.15) is 0 Å². The van der Waals surface area contributed by atoms with Crippen LogP contribution in [0.15, 0.2) is 156 Å². The van der Waals surface area contributed by atoms with Crippen molar-refractivity contribution < 1.29 is 4.42 Å². The standard InChI is InChI=1S/C40H25NO/c1-2-10-30(11-3-1)41(32-20-23-37-36(25-32)40-34-13-7-5-9-27(34)18-22-38(40)42-37)31-19-21-35-29(24-31)17-16-28-15-14-26-8-4-6-12-33(26)39(28)35/h1-25H. The second-order valence-corrected chi connectivity index (χ2v) is 11.0. The molecule has 2 heteroatoms. The number of para-hydroxylation sites is 1. The van der Waals surface area contributed by atoms with E-state index in [9.17, 15) is 0 Å². The van der Waals surface area contributed by atoms with Crippen LogP contribution in [0.25, 0.3) is 65.0 Å². The maximum Gasteiger partial charge on any atom is 0.136 e. The predicted molar refractivity (Wildman–Crippen MR) is 178 cm³/mol. The van der Waals surface area contributed by atoms with Gasteiger partial charge in [0.15, 0.2) is 0 Å². The van der Waals surface area contributed by atoms with Crippen LogP contribution >= 0.6 is 0 Å². The van der Waals surface area contributed by atoms with E-state index < -0.39 is 0 Å². The fraction of sp³-hybridized carbons (Fsp3) is 0. The van der Waals surface area contributed by atoms with Crippen molar-refractivity contribution in [2.24, 2.45) is 0 Å². The lowest BCUT2D eigenvalue weighted by Crippen LogP contribution is -2.09. The first-order valence-electron chi connectivity index (χ1n) is 14.4. The van der Waals surface area contributed by atoms with Crippen molar-refractivity contribution in [3.8, 4) is 0 Å². The van der Waals surface area contributed by atoms with Gasteiger partial charge in [0, 0.05) is 27.8 Å². The molecule has 1 heterocycles. The molecule has 0 spiro atoms. The molecule has 0 amide bonds. The Hall–Kier alpha value is -5.60. The van der Waals surface area contributed by atoms with E-state index in [1.807, 2.05) is 0 Å². The van der Waals surface area contributed by atoms with Gasteiger partial charge in [0.25, 0.3) is 0 Å². The van der Waals surface area contributed by atoms with Gasteiger partial charge in [-0.3, -0.25) is 0 Å². The van der Waals surface area contributed by atoms with E-state index in [0.717, 1.165) is 39.0 Å². The highest BCUT2D eigenvalue weighted by atomic mass is 16.3. The summed E-state index contributed by atoms with van der Waals surface area (Å²) in [5, 5.41) is 12.3. The van der Waals surface area contributed by atoms with Crippen molar-refractivity contribution in [2.75, 3.05) is 4.90 Å². The maximum atomic E-state index is 6.32. The summed E-state index contributed by atoms with van der Waals surface area (Å²) in [7, 11) is 0. The molecule has 1 aromatic heterocycles. The Morgan fingerprint density at radius 2 is 0.905 bits per heavy atom. The van der Waals surface area contributed by atoms with Gasteiger partial charge in [-0.25, -0.2) is 0 Å². The van der Waals surface area contributed by atoms with Crippen LogP contribution in [0.5, 0.6) is 0 Å². The summed E-state index contributed by atoms with van der Waals surface area (Å²) in [6.07, 6.45) is 0. The molecule has 0 aliphatic heterocycles. The van der Waals surface area contributed by atoms with Crippen LogP contribution in [0, 0.1) is 0 Å². The number of hydrogen-bond donors (Lipinski definition) is 0. The number of anilines is 3. The van der Waals surface area contributed by atoms with Crippen molar-refractivity contribution in [1.82, 2.24) is 0 Å². The Morgan fingerprint density at radius 1 is 0.333 bits per heavy atom. The topological polar surface area (TPSA) is 16.4 Å². The van der Waals surface area contributed by atoms with Gasteiger partial charge < -0.3 is 9.32 Å². The molecule has 0 radical (unpaired) electrons. The summed E-state index contributed by atoms with van der Waals surface area (Å²) in [6.45, 7) is 0. The molecule has 0 aliphatic carbocycles. The maximum absolute atomic E-state index is 6.32. The zero-order valence-corrected chi connectivity index (χ0v) is 22.8. The van der Waals surface area contributed by atoms with Gasteiger partial charge in [-0.15, -0.1) is 0 Å². The number of hydrogen-bond acceptors (Lipinski definition) is 2. The van der Waals surface area contributed by atoms with Gasteiger partial charge in [-0.1, -0.05) is 103 Å². The van der Waals surface area contributed by atoms with E-state index in [2.05, 4.69) is 157 Å². The van der Waals surface area contributed by atoms with E-state index in [4.69, 9.17) is 4.42 Å². The van der Waals surface area contributed by atoms with Crippen LogP contribution in [0.1, 0.15) is 0 Å². The first-order valence-corrected chi connectivity index (χ1v) is 14.4. The van der Waals surface area contributed by atoms with Crippen LogP contribution < -0.4 is 4.90 Å². The van der Waals surface area contributed by atoms with Gasteiger partial charge in [0.2, 0.25) is 0 Å². The number of fused-ring (bicyclic) bond motifs is 10. The fourth-order valence-electron chi connectivity index (χ4n) is 6.66. The molecule has 9 rings (SSSR count). The average Bonchev–Trinajstić information content (AvgIpc) is 3.43. The summed E-state index contributed by atoms with van der Waals surface area (Å²) in [5.74, 6) is 0. The second-order valence-electron chi connectivity index (χ2n) is 11.0. The fourth-order valence-corrected chi connectivity index (χ4v) is 6.66. The predicted octanol–water partition coefficient (Wildman–Crippen LogP) is 11.7. The molecule has 0 saturated heterocycles. The molecule has 0 aliphatic rings. The van der Waals surface area contributed by atoms with Gasteiger partial charge in [-0.05, 0) is 91.6 Å². The summed E-state index contributed by atoms with van der Waals surface area (Å²) in [5.41, 5.74) is 5.13. The average molecular weight is 536 g/mol. The number of furan rings is 1. The first-order chi connectivity index (χ1) is 20.8. The minimum absolute atomic E-state index is 0.898. The normalized spacial score (nSPS) is 11.8. The molecular formula is C40H25NO. The number of rotatable bonds is 3. The zero-order chi connectivity index (χ0) is 27.6. The lowest BCUT2D eigenvalue weighted by Gasteiger charge is -2.26. The van der Waals surface area contributed by atoms with Crippen molar-refractivity contribution in [3.63, 3.8) is 0 Å². The quantitative estimate of drug-likeness (QED) is 0.209. The Kier molecular flexibility index (Phi) is 4.93. The second kappa shape index (κ2) is 8.95. The van der Waals surface area contributed by atoms with E-state index in [-0.39, 0.29) is 0 Å². The van der Waals surface area contributed by atoms with E-state index in [1.54, 1.807) is 0 Å². The molecule has 196 valence electrons. The molecule has 0 unspecified atom stereocenters. The third-order valence-electron chi connectivity index (χ3n) is 8.58. The third kappa shape index (κ3) is 3.45. The van der Waals surface area contributed by atoms with Gasteiger partial charge in [0.1, 0.15) is 11.2 Å². The molecule has 0 fully saturated rings. The van der Waals surface area contributed by atoms with Crippen LogP contribution in [-0.4, -0.2) is 0 Å². The van der Waals surface area contributed by atoms with Crippen molar-refractivity contribution in [1.29, 1.82) is 0 Å². The van der Waals surface area contributed by atoms with E-state index in [0.29, 0.717) is 0 Å². The zero-order valence-electron chi connectivity index (χ0n) is 22.8. The Morgan fingerprint density at radius 3 is 1.71 bits per heavy atom. The van der Waals surface area contributed by atoms with Crippen LogP contribution in [-0.2, 0) is 0 Å². The van der Waals surface area contributed by atoms with Crippen LogP contribution in [0.2, 0.25) is 0 Å². The molecule has 9 aromatic rings. The molecule has 0 atom stereocenters. The van der Waals surface area contributed by atoms with Crippen molar-refractivity contribution in [3.05, 3.63) is 152 Å². The summed E-state index contributed by atoms with van der Waals surface area (Å²) < 4.78 is 6.32. The molecular weight excluding hydrogens is 510 g/mol. The Labute approximate surface area is 242 Å². The molecule has 0 N–H and O–H groups in total. The summed E-state index contributed by atoms with van der Waals surface area (Å²) in [6, 6.07) is 54.4. The van der Waals surface area contributed by atoms with E-state index in [1.165, 1.54) is 43.1 Å². The lowest BCUT2D eigenvalue weighted by atomic mass is 9.96. The summed E-state index contributed by atoms with van der Waals surface area (Å²) >= 11 is 0. The first kappa shape index (κ1) is 23.1. The highest BCUT2D eigenvalue weighted by Crippen LogP contribution is 2.42. The summed E-state index contributed by atoms with van der Waals surface area (Å²) in [4.78, 5) is 2.34. The minimum Gasteiger partial charge on any atom is -0.456 e. The Bertz CT molecular complexity index is 2470. The van der Waals surface area contributed by atoms with Crippen molar-refractivity contribution in [2.45, 2.75) is 0 Å².